The van der Waals surface area contributed by atoms with Gasteiger partial charge >= 0.3 is 0 Å². The molecule has 0 fully saturated rings. The summed E-state index contributed by atoms with van der Waals surface area (Å²) in [7, 11) is 0. The number of halogens is 1. The molecule has 1 aromatic carbocycles. The van der Waals surface area contributed by atoms with Crippen molar-refractivity contribution < 1.29 is 9.47 Å². The number of nitrogens with zero attached hydrogens (tertiary/aromatic N) is 1. The van der Waals surface area contributed by atoms with Crippen LogP contribution in [-0.2, 0) is 4.74 Å². The predicted molar refractivity (Wildman–Crippen MR) is 136 cm³/mol. The zero-order valence-corrected chi connectivity index (χ0v) is 20.9. The number of hydrogen-bond donors (Lipinski definition) is 0. The normalized spacial score (nSPS) is 11.3. The van der Waals surface area contributed by atoms with Crippen LogP contribution in [0.3, 0.4) is 0 Å². The number of likely N-dealkylation sites (N-methyl/N-ethyl adjacent to an activating group) is 1. The molecule has 0 N–H and O–H groups in total. The van der Waals surface area contributed by atoms with E-state index in [0.717, 1.165) is 31.8 Å². The van der Waals surface area contributed by atoms with E-state index >= 15 is 0 Å². The van der Waals surface area contributed by atoms with Crippen LogP contribution < -0.4 is 4.74 Å². The van der Waals surface area contributed by atoms with E-state index in [1.54, 1.807) is 11.3 Å². The maximum atomic E-state index is 5.84. The van der Waals surface area contributed by atoms with Crippen molar-refractivity contribution in [3.8, 4) is 28.7 Å². The number of thiophene rings is 1. The van der Waals surface area contributed by atoms with Gasteiger partial charge < -0.3 is 9.47 Å². The van der Waals surface area contributed by atoms with E-state index in [1.165, 1.54) is 11.1 Å². The maximum absolute atomic E-state index is 5.84. The Morgan fingerprint density at radius 2 is 1.94 bits per heavy atom. The summed E-state index contributed by atoms with van der Waals surface area (Å²) in [4.78, 5) is 2.34. The van der Waals surface area contributed by atoms with Gasteiger partial charge in [-0.05, 0) is 73.0 Å². The molecule has 0 radical (unpaired) electrons. The second-order valence-corrected chi connectivity index (χ2v) is 8.58. The minimum absolute atomic E-state index is 0. The summed E-state index contributed by atoms with van der Waals surface area (Å²) in [6, 6.07) is 10.3. The molecule has 0 saturated heterocycles. The fourth-order valence-electron chi connectivity index (χ4n) is 2.67. The lowest BCUT2D eigenvalue weighted by Crippen LogP contribution is -2.28. The summed E-state index contributed by atoms with van der Waals surface area (Å²) in [5, 5.41) is 4.24. The Hall–Kier alpha value is -1.77. The maximum Gasteiger partial charge on any atom is 0.120 e. The summed E-state index contributed by atoms with van der Waals surface area (Å²) < 4.78 is 11.6. The smallest absolute Gasteiger partial charge is 0.120 e. The van der Waals surface area contributed by atoms with Crippen LogP contribution in [0.5, 0.6) is 5.75 Å². The number of ether oxygens (including phenoxy) is 2. The Morgan fingerprint density at radius 3 is 2.65 bits per heavy atom. The highest BCUT2D eigenvalue weighted by Crippen LogP contribution is 2.25. The van der Waals surface area contributed by atoms with Crippen molar-refractivity contribution in [2.24, 2.45) is 5.41 Å². The van der Waals surface area contributed by atoms with E-state index in [0.29, 0.717) is 19.8 Å². The van der Waals surface area contributed by atoms with E-state index < -0.39 is 0 Å². The molecule has 2 rings (SSSR count). The molecule has 1 aromatic heterocycles. The highest BCUT2D eigenvalue weighted by Gasteiger charge is 2.09. The lowest BCUT2D eigenvalue weighted by atomic mass is 9.91. The Kier molecular flexibility index (Phi) is 13.3. The van der Waals surface area contributed by atoms with Crippen LogP contribution in [0.4, 0.5) is 0 Å². The Labute approximate surface area is 198 Å². The molecule has 0 atom stereocenters. The first-order valence-corrected chi connectivity index (χ1v) is 11.7. The molecule has 0 amide bonds. The molecule has 1 heterocycles. The SMILES string of the molecule is CCN(CC=CC#CC(C)(C)CC)CCOCCOc1cccc(-c2ccsc2)c1.Cl. The zero-order valence-electron chi connectivity index (χ0n) is 19.2. The largest absolute Gasteiger partial charge is 0.491 e. The first kappa shape index (κ1) is 27.3. The van der Waals surface area contributed by atoms with Crippen LogP contribution >= 0.6 is 23.7 Å². The minimum Gasteiger partial charge on any atom is -0.491 e. The first-order chi connectivity index (χ1) is 14.5. The fraction of sp³-hybridized carbons (Fsp3) is 0.462. The molecule has 0 bridgehead atoms. The highest BCUT2D eigenvalue weighted by atomic mass is 35.5. The van der Waals surface area contributed by atoms with Gasteiger partial charge in [-0.3, -0.25) is 4.90 Å². The summed E-state index contributed by atoms with van der Waals surface area (Å²) >= 11 is 1.70. The van der Waals surface area contributed by atoms with Crippen LogP contribution in [0, 0.1) is 17.3 Å². The fourth-order valence-corrected chi connectivity index (χ4v) is 3.34. The molecule has 170 valence electrons. The second kappa shape index (κ2) is 15.1. The lowest BCUT2D eigenvalue weighted by molar-refractivity contribution is 0.0832. The van der Waals surface area contributed by atoms with Crippen molar-refractivity contribution in [3.63, 3.8) is 0 Å². The van der Waals surface area contributed by atoms with Gasteiger partial charge in [-0.15, -0.1) is 12.4 Å². The Balaban J connectivity index is 0.00000480. The van der Waals surface area contributed by atoms with Crippen molar-refractivity contribution in [2.75, 3.05) is 39.5 Å². The van der Waals surface area contributed by atoms with Crippen LogP contribution in [0.2, 0.25) is 0 Å². The van der Waals surface area contributed by atoms with Crippen LogP contribution in [0.1, 0.15) is 34.1 Å². The topological polar surface area (TPSA) is 21.7 Å². The van der Waals surface area contributed by atoms with Gasteiger partial charge in [0.1, 0.15) is 12.4 Å². The van der Waals surface area contributed by atoms with Gasteiger partial charge in [0.15, 0.2) is 0 Å². The summed E-state index contributed by atoms with van der Waals surface area (Å²) in [5.41, 5.74) is 2.51. The van der Waals surface area contributed by atoms with Gasteiger partial charge in [0.25, 0.3) is 0 Å². The minimum atomic E-state index is 0. The van der Waals surface area contributed by atoms with E-state index in [1.807, 2.05) is 18.2 Å². The molecule has 2 aromatic rings. The molecule has 0 saturated carbocycles. The monoisotopic (exact) mass is 461 g/mol. The van der Waals surface area contributed by atoms with Gasteiger partial charge in [0.05, 0.1) is 13.2 Å². The summed E-state index contributed by atoms with van der Waals surface area (Å²) in [6.45, 7) is 13.3. The Bertz CT molecular complexity index is 821. The average Bonchev–Trinajstić information content (AvgIpc) is 3.29. The zero-order chi connectivity index (χ0) is 21.7. The third-order valence-electron chi connectivity index (χ3n) is 5.04. The van der Waals surface area contributed by atoms with Gasteiger partial charge in [-0.2, -0.15) is 11.3 Å². The number of rotatable bonds is 12. The molecule has 0 aliphatic heterocycles. The predicted octanol–water partition coefficient (Wildman–Crippen LogP) is 6.55. The number of hydrogen-bond acceptors (Lipinski definition) is 4. The van der Waals surface area contributed by atoms with E-state index in [4.69, 9.17) is 9.47 Å². The van der Waals surface area contributed by atoms with E-state index in [9.17, 15) is 0 Å². The van der Waals surface area contributed by atoms with E-state index in [2.05, 4.69) is 79.5 Å². The lowest BCUT2D eigenvalue weighted by Gasteiger charge is -2.18. The second-order valence-electron chi connectivity index (χ2n) is 7.80. The van der Waals surface area contributed by atoms with Crippen molar-refractivity contribution >= 4 is 23.7 Å². The quantitative estimate of drug-likeness (QED) is 0.264. The molecule has 0 aliphatic carbocycles. The third-order valence-corrected chi connectivity index (χ3v) is 5.73. The van der Waals surface area contributed by atoms with Crippen LogP contribution in [0.25, 0.3) is 11.1 Å². The summed E-state index contributed by atoms with van der Waals surface area (Å²) in [5.74, 6) is 7.35. The van der Waals surface area contributed by atoms with Crippen molar-refractivity contribution in [3.05, 3.63) is 53.2 Å². The van der Waals surface area contributed by atoms with Crippen molar-refractivity contribution in [1.29, 1.82) is 0 Å². The molecule has 3 nitrogen and oxygen atoms in total. The van der Waals surface area contributed by atoms with Gasteiger partial charge in [0, 0.05) is 18.5 Å². The third kappa shape index (κ3) is 10.9. The summed E-state index contributed by atoms with van der Waals surface area (Å²) in [6.07, 6.45) is 5.17. The number of allylic oxidation sites excluding steroid dienone is 1. The molecule has 0 spiro atoms. The Morgan fingerprint density at radius 1 is 1.10 bits per heavy atom. The standard InChI is InChI=1S/C26H35NO2S.ClH/c1-5-26(3,4)14-8-7-9-15-27(6-2)16-17-28-18-19-29-25-12-10-11-23(21-25)24-13-20-30-22-24;/h7,9-13,20-22H,5-6,15-19H2,1-4H3;1H. The molecular weight excluding hydrogens is 426 g/mol. The van der Waals surface area contributed by atoms with Gasteiger partial charge in [0.2, 0.25) is 0 Å². The molecule has 0 aliphatic rings. The first-order valence-electron chi connectivity index (χ1n) is 10.8. The van der Waals surface area contributed by atoms with Gasteiger partial charge in [-0.25, -0.2) is 0 Å². The highest BCUT2D eigenvalue weighted by molar-refractivity contribution is 7.08. The molecular formula is C26H36ClNO2S. The van der Waals surface area contributed by atoms with Crippen molar-refractivity contribution in [1.82, 2.24) is 4.90 Å². The van der Waals surface area contributed by atoms with Crippen LogP contribution in [-0.4, -0.2) is 44.4 Å². The van der Waals surface area contributed by atoms with Gasteiger partial charge in [-0.1, -0.05) is 43.9 Å². The molecule has 31 heavy (non-hydrogen) atoms. The molecule has 5 heteroatoms. The van der Waals surface area contributed by atoms with Crippen LogP contribution in [0.15, 0.2) is 53.2 Å². The average molecular weight is 462 g/mol. The van der Waals surface area contributed by atoms with E-state index in [-0.39, 0.29) is 17.8 Å². The number of benzene rings is 1. The molecule has 0 unspecified atom stereocenters. The van der Waals surface area contributed by atoms with Crippen molar-refractivity contribution in [2.45, 2.75) is 34.1 Å².